The second-order valence-corrected chi connectivity index (χ2v) is 3.10. The topological polar surface area (TPSA) is 77.3 Å². The zero-order valence-electron chi connectivity index (χ0n) is 10.7. The number of rotatable bonds is 1. The normalized spacial score (nSPS) is 8.11. The standard InChI is InChI=1S/C9H8N2O.C3H6.CH4N2/c1-7-10-9(12-11-7)8-5-3-2-4-6-8;2*1-3-2/h2-6H,1H3;3H,1H2,2H3;1-2H2. The number of hydrogen-bond donors (Lipinski definition) is 1. The molecule has 0 saturated carbocycles. The highest BCUT2D eigenvalue weighted by molar-refractivity contribution is 5.51. The second-order valence-electron chi connectivity index (χ2n) is 3.10. The fourth-order valence-corrected chi connectivity index (χ4v) is 0.995. The molecular formula is C13H18N4O. The molecule has 0 aliphatic rings. The second kappa shape index (κ2) is 9.77. The number of allylic oxidation sites excluding steroid dienone is 1. The van der Waals surface area contributed by atoms with Gasteiger partial charge in [0.15, 0.2) is 5.82 Å². The third-order valence-corrected chi connectivity index (χ3v) is 1.55. The molecule has 5 nitrogen and oxygen atoms in total. The van der Waals surface area contributed by atoms with Crippen LogP contribution in [0.5, 0.6) is 0 Å². The van der Waals surface area contributed by atoms with Crippen LogP contribution in [-0.2, 0) is 0 Å². The molecule has 1 aromatic carbocycles. The smallest absolute Gasteiger partial charge is 0.257 e. The van der Waals surface area contributed by atoms with E-state index in [1.54, 1.807) is 13.0 Å². The summed E-state index contributed by atoms with van der Waals surface area (Å²) in [6.45, 7) is 9.94. The molecule has 0 unspecified atom stereocenters. The van der Waals surface area contributed by atoms with Crippen molar-refractivity contribution >= 4 is 6.72 Å². The Kier molecular flexibility index (Phi) is 8.45. The van der Waals surface area contributed by atoms with Crippen molar-refractivity contribution in [2.75, 3.05) is 0 Å². The van der Waals surface area contributed by atoms with Crippen LogP contribution in [0.3, 0.4) is 0 Å². The van der Waals surface area contributed by atoms with Gasteiger partial charge in [0.25, 0.3) is 5.89 Å². The molecule has 1 aromatic heterocycles. The minimum atomic E-state index is 0.577. The van der Waals surface area contributed by atoms with Gasteiger partial charge in [-0.15, -0.1) is 6.58 Å². The first-order valence-electron chi connectivity index (χ1n) is 5.28. The van der Waals surface area contributed by atoms with Gasteiger partial charge in [0.1, 0.15) is 0 Å². The van der Waals surface area contributed by atoms with E-state index in [1.165, 1.54) is 0 Å². The van der Waals surface area contributed by atoms with Crippen molar-refractivity contribution in [3.63, 3.8) is 0 Å². The number of aromatic nitrogens is 2. The van der Waals surface area contributed by atoms with Crippen molar-refractivity contribution in [3.8, 4) is 11.5 Å². The van der Waals surface area contributed by atoms with Gasteiger partial charge in [-0.2, -0.15) is 10.1 Å². The quantitative estimate of drug-likeness (QED) is 0.363. The van der Waals surface area contributed by atoms with Gasteiger partial charge in [-0.25, -0.2) is 0 Å². The molecule has 0 radical (unpaired) electrons. The molecule has 5 heteroatoms. The molecule has 0 spiro atoms. The molecule has 1 heterocycles. The van der Waals surface area contributed by atoms with Crippen LogP contribution in [0, 0.1) is 6.92 Å². The lowest BCUT2D eigenvalue weighted by Gasteiger charge is -1.89. The highest BCUT2D eigenvalue weighted by Crippen LogP contribution is 2.15. The first kappa shape index (κ1) is 15.6. The van der Waals surface area contributed by atoms with E-state index < -0.39 is 0 Å². The van der Waals surface area contributed by atoms with Gasteiger partial charge in [-0.3, -0.25) is 0 Å². The monoisotopic (exact) mass is 246 g/mol. The zero-order chi connectivity index (χ0) is 13.8. The Morgan fingerprint density at radius 2 is 1.83 bits per heavy atom. The van der Waals surface area contributed by atoms with Gasteiger partial charge in [0, 0.05) is 12.3 Å². The summed E-state index contributed by atoms with van der Waals surface area (Å²) in [5.41, 5.74) is 0.957. The third-order valence-electron chi connectivity index (χ3n) is 1.55. The van der Waals surface area contributed by atoms with Crippen LogP contribution in [0.4, 0.5) is 0 Å². The highest BCUT2D eigenvalue weighted by atomic mass is 16.5. The Balaban J connectivity index is 0.000000414. The number of nitrogens with two attached hydrogens (primary N) is 1. The van der Waals surface area contributed by atoms with Gasteiger partial charge in [0.2, 0.25) is 0 Å². The number of benzene rings is 1. The van der Waals surface area contributed by atoms with Gasteiger partial charge >= 0.3 is 0 Å². The fraction of sp³-hybridized carbons (Fsp3) is 0.154. The fourth-order valence-electron chi connectivity index (χ4n) is 0.995. The van der Waals surface area contributed by atoms with Crippen molar-refractivity contribution in [3.05, 3.63) is 48.8 Å². The Hall–Kier alpha value is -2.43. The summed E-state index contributed by atoms with van der Waals surface area (Å²) in [5, 5.41) is 6.46. The van der Waals surface area contributed by atoms with E-state index in [2.05, 4.69) is 34.4 Å². The van der Waals surface area contributed by atoms with Crippen molar-refractivity contribution < 1.29 is 4.52 Å². The molecule has 2 aromatic rings. The van der Waals surface area contributed by atoms with Gasteiger partial charge in [-0.05, 0) is 26.0 Å². The number of aryl methyl sites for hydroxylation is 1. The lowest BCUT2D eigenvalue weighted by Crippen LogP contribution is -1.76. The molecule has 96 valence electrons. The van der Waals surface area contributed by atoms with E-state index in [0.29, 0.717) is 11.7 Å². The summed E-state index contributed by atoms with van der Waals surface area (Å²) >= 11 is 0. The molecule has 0 saturated heterocycles. The zero-order valence-corrected chi connectivity index (χ0v) is 10.7. The molecule has 18 heavy (non-hydrogen) atoms. The van der Waals surface area contributed by atoms with E-state index in [1.807, 2.05) is 37.3 Å². The molecule has 0 aliphatic heterocycles. The SMILES string of the molecule is C=CC.C=NN.Cc1noc(-c2ccccc2)n1. The molecule has 0 bridgehead atoms. The van der Waals surface area contributed by atoms with E-state index in [-0.39, 0.29) is 0 Å². The van der Waals surface area contributed by atoms with Crippen LogP contribution in [0.2, 0.25) is 0 Å². The molecule has 2 rings (SSSR count). The first-order valence-corrected chi connectivity index (χ1v) is 5.28. The highest BCUT2D eigenvalue weighted by Gasteiger charge is 2.03. The Labute approximate surface area is 107 Å². The van der Waals surface area contributed by atoms with Crippen molar-refractivity contribution in [2.24, 2.45) is 10.9 Å². The predicted octanol–water partition coefficient (Wildman–Crippen LogP) is 2.80. The van der Waals surface area contributed by atoms with Gasteiger partial charge in [-0.1, -0.05) is 29.4 Å². The molecular weight excluding hydrogens is 228 g/mol. The van der Waals surface area contributed by atoms with Crippen molar-refractivity contribution in [1.29, 1.82) is 0 Å². The summed E-state index contributed by atoms with van der Waals surface area (Å²) in [6, 6.07) is 9.70. The summed E-state index contributed by atoms with van der Waals surface area (Å²) in [6.07, 6.45) is 1.75. The first-order chi connectivity index (χ1) is 8.69. The molecule has 0 amide bonds. The number of nitrogens with zero attached hydrogens (tertiary/aromatic N) is 3. The summed E-state index contributed by atoms with van der Waals surface area (Å²) < 4.78 is 4.99. The van der Waals surface area contributed by atoms with Crippen LogP contribution in [0.1, 0.15) is 12.7 Å². The average molecular weight is 246 g/mol. The summed E-state index contributed by atoms with van der Waals surface area (Å²) in [4.78, 5) is 4.10. The van der Waals surface area contributed by atoms with Crippen LogP contribution in [0.15, 0.2) is 52.6 Å². The lowest BCUT2D eigenvalue weighted by atomic mass is 10.2. The van der Waals surface area contributed by atoms with E-state index in [9.17, 15) is 0 Å². The molecule has 2 N–H and O–H groups in total. The van der Waals surface area contributed by atoms with Crippen LogP contribution < -0.4 is 5.84 Å². The predicted molar refractivity (Wildman–Crippen MR) is 74.1 cm³/mol. The number of hydrogen-bond acceptors (Lipinski definition) is 5. The Morgan fingerprint density at radius 1 is 1.33 bits per heavy atom. The van der Waals surface area contributed by atoms with E-state index in [0.717, 1.165) is 5.56 Å². The molecule has 0 aliphatic carbocycles. The number of hydrazone groups is 1. The maximum absolute atomic E-state index is 4.99. The van der Waals surface area contributed by atoms with E-state index >= 15 is 0 Å². The average Bonchev–Trinajstić information content (AvgIpc) is 2.79. The lowest BCUT2D eigenvalue weighted by molar-refractivity contribution is 0.425. The van der Waals surface area contributed by atoms with E-state index in [4.69, 9.17) is 4.52 Å². The maximum atomic E-state index is 4.99. The largest absolute Gasteiger partial charge is 0.334 e. The molecule has 0 atom stereocenters. The minimum Gasteiger partial charge on any atom is -0.334 e. The Bertz CT molecular complexity index is 445. The van der Waals surface area contributed by atoms with Crippen LogP contribution in [-0.4, -0.2) is 16.9 Å². The summed E-state index contributed by atoms with van der Waals surface area (Å²) in [5.74, 6) is 5.60. The van der Waals surface area contributed by atoms with Crippen molar-refractivity contribution in [1.82, 2.24) is 10.1 Å². The minimum absolute atomic E-state index is 0.577. The third kappa shape index (κ3) is 6.22. The van der Waals surface area contributed by atoms with Crippen molar-refractivity contribution in [2.45, 2.75) is 13.8 Å². The van der Waals surface area contributed by atoms with Crippen LogP contribution in [0.25, 0.3) is 11.5 Å². The van der Waals surface area contributed by atoms with Gasteiger partial charge < -0.3 is 10.4 Å². The van der Waals surface area contributed by atoms with Crippen LogP contribution >= 0.6 is 0 Å². The van der Waals surface area contributed by atoms with Gasteiger partial charge in [0.05, 0.1) is 0 Å². The Morgan fingerprint density at radius 3 is 2.22 bits per heavy atom. The summed E-state index contributed by atoms with van der Waals surface area (Å²) in [7, 11) is 0. The maximum Gasteiger partial charge on any atom is 0.257 e. The molecule has 0 fully saturated rings.